The van der Waals surface area contributed by atoms with Gasteiger partial charge >= 0.3 is 0 Å². The minimum absolute atomic E-state index is 0.0338. The van der Waals surface area contributed by atoms with Crippen molar-refractivity contribution < 1.29 is 4.79 Å². The van der Waals surface area contributed by atoms with Gasteiger partial charge in [-0.1, -0.05) is 37.3 Å². The molecule has 2 N–H and O–H groups in total. The summed E-state index contributed by atoms with van der Waals surface area (Å²) in [7, 11) is 0. The molecule has 3 aromatic rings. The van der Waals surface area contributed by atoms with Gasteiger partial charge in [0.15, 0.2) is 5.78 Å². The minimum atomic E-state index is 0.0338. The van der Waals surface area contributed by atoms with Crippen molar-refractivity contribution in [1.82, 2.24) is 9.97 Å². The summed E-state index contributed by atoms with van der Waals surface area (Å²) in [4.78, 5) is 20.7. The molecule has 0 aliphatic heterocycles. The fourth-order valence-electron chi connectivity index (χ4n) is 2.97. The molecule has 0 amide bonds. The van der Waals surface area contributed by atoms with Gasteiger partial charge in [-0.2, -0.15) is 4.98 Å². The maximum absolute atomic E-state index is 11.6. The summed E-state index contributed by atoms with van der Waals surface area (Å²) in [6.07, 6.45) is 0.929. The normalized spacial score (nSPS) is 10.5. The van der Waals surface area contributed by atoms with Crippen molar-refractivity contribution >= 4 is 28.9 Å². The number of benzene rings is 2. The first-order valence-electron chi connectivity index (χ1n) is 9.05. The third-order valence-corrected chi connectivity index (χ3v) is 4.37. The molecule has 0 aliphatic rings. The number of aryl methyl sites for hydroxylation is 3. The van der Waals surface area contributed by atoms with Gasteiger partial charge in [-0.3, -0.25) is 4.79 Å². The lowest BCUT2D eigenvalue weighted by atomic mass is 10.1. The molecule has 0 saturated heterocycles. The molecule has 0 atom stereocenters. The second kappa shape index (κ2) is 7.99. The average molecular weight is 360 g/mol. The van der Waals surface area contributed by atoms with Crippen LogP contribution in [0.15, 0.2) is 48.5 Å². The molecule has 5 heteroatoms. The van der Waals surface area contributed by atoms with Crippen molar-refractivity contribution in [2.75, 3.05) is 10.6 Å². The van der Waals surface area contributed by atoms with Gasteiger partial charge in [0.1, 0.15) is 5.82 Å². The molecule has 0 aliphatic carbocycles. The van der Waals surface area contributed by atoms with Gasteiger partial charge in [-0.05, 0) is 50.5 Å². The highest BCUT2D eigenvalue weighted by molar-refractivity contribution is 5.95. The first-order valence-corrected chi connectivity index (χ1v) is 9.05. The van der Waals surface area contributed by atoms with Crippen LogP contribution in [0.4, 0.5) is 23.1 Å². The number of carbonyl (C=O) groups excluding carboxylic acids is 1. The van der Waals surface area contributed by atoms with Crippen LogP contribution in [0.25, 0.3) is 0 Å². The minimum Gasteiger partial charge on any atom is -0.340 e. The molecule has 1 aromatic heterocycles. The molecule has 2 aromatic carbocycles. The number of anilines is 4. The highest BCUT2D eigenvalue weighted by Gasteiger charge is 2.09. The summed E-state index contributed by atoms with van der Waals surface area (Å²) in [5.41, 5.74) is 5.76. The Kier molecular flexibility index (Phi) is 5.50. The second-order valence-electron chi connectivity index (χ2n) is 6.57. The molecule has 0 radical (unpaired) electrons. The van der Waals surface area contributed by atoms with Crippen LogP contribution in [-0.4, -0.2) is 15.8 Å². The monoisotopic (exact) mass is 360 g/mol. The lowest BCUT2D eigenvalue weighted by molar-refractivity contribution is 0.101. The fourth-order valence-corrected chi connectivity index (χ4v) is 2.97. The largest absolute Gasteiger partial charge is 0.340 e. The standard InChI is InChI=1S/C22H24N4O/c1-5-17-9-6-8-14(2)21(17)26-22-23-15(3)12-20(25-22)24-19-11-7-10-18(13-19)16(4)27/h6-13H,5H2,1-4H3,(H2,23,24,25,26). The Morgan fingerprint density at radius 3 is 2.52 bits per heavy atom. The van der Waals surface area contributed by atoms with Crippen LogP contribution in [0.1, 0.15) is 41.0 Å². The van der Waals surface area contributed by atoms with E-state index in [4.69, 9.17) is 0 Å². The SMILES string of the molecule is CCc1cccc(C)c1Nc1nc(C)cc(Nc2cccc(C(C)=O)c2)n1. The predicted octanol–water partition coefficient (Wildman–Crippen LogP) is 5.35. The van der Waals surface area contributed by atoms with E-state index in [2.05, 4.69) is 52.6 Å². The van der Waals surface area contributed by atoms with Crippen LogP contribution in [-0.2, 0) is 6.42 Å². The van der Waals surface area contributed by atoms with Gasteiger partial charge in [0.25, 0.3) is 0 Å². The zero-order valence-corrected chi connectivity index (χ0v) is 16.1. The van der Waals surface area contributed by atoms with Gasteiger partial charge in [0.2, 0.25) is 5.95 Å². The van der Waals surface area contributed by atoms with Crippen LogP contribution < -0.4 is 10.6 Å². The number of carbonyl (C=O) groups is 1. The van der Waals surface area contributed by atoms with Gasteiger partial charge in [0, 0.05) is 28.7 Å². The van der Waals surface area contributed by atoms with Crippen molar-refractivity contribution in [3.8, 4) is 0 Å². The fraction of sp³-hybridized carbons (Fsp3) is 0.227. The van der Waals surface area contributed by atoms with E-state index in [1.165, 1.54) is 5.56 Å². The van der Waals surface area contributed by atoms with Gasteiger partial charge < -0.3 is 10.6 Å². The summed E-state index contributed by atoms with van der Waals surface area (Å²) in [5.74, 6) is 1.26. The number of ketones is 1. The molecular weight excluding hydrogens is 336 g/mol. The Bertz CT molecular complexity index is 982. The van der Waals surface area contributed by atoms with E-state index in [0.29, 0.717) is 17.3 Å². The van der Waals surface area contributed by atoms with Crippen LogP contribution in [0.5, 0.6) is 0 Å². The van der Waals surface area contributed by atoms with E-state index >= 15 is 0 Å². The number of nitrogens with one attached hydrogen (secondary N) is 2. The molecule has 138 valence electrons. The average Bonchev–Trinajstić information content (AvgIpc) is 2.63. The highest BCUT2D eigenvalue weighted by atomic mass is 16.1. The van der Waals surface area contributed by atoms with Crippen molar-refractivity contribution in [2.45, 2.75) is 34.1 Å². The van der Waals surface area contributed by atoms with E-state index < -0.39 is 0 Å². The summed E-state index contributed by atoms with van der Waals surface area (Å²) in [6, 6.07) is 15.5. The van der Waals surface area contributed by atoms with E-state index in [0.717, 1.165) is 29.1 Å². The van der Waals surface area contributed by atoms with Crippen LogP contribution >= 0.6 is 0 Å². The van der Waals surface area contributed by atoms with Gasteiger partial charge in [-0.25, -0.2) is 4.98 Å². The summed E-state index contributed by atoms with van der Waals surface area (Å²) >= 11 is 0. The van der Waals surface area contributed by atoms with Crippen molar-refractivity contribution in [1.29, 1.82) is 0 Å². The summed E-state index contributed by atoms with van der Waals surface area (Å²) in [6.45, 7) is 7.70. The smallest absolute Gasteiger partial charge is 0.229 e. The Balaban J connectivity index is 1.89. The number of para-hydroxylation sites is 1. The Labute approximate surface area is 159 Å². The number of hydrogen-bond donors (Lipinski definition) is 2. The first kappa shape index (κ1) is 18.6. The third-order valence-electron chi connectivity index (χ3n) is 4.37. The number of aromatic nitrogens is 2. The van der Waals surface area contributed by atoms with Crippen LogP contribution in [0.3, 0.4) is 0 Å². The van der Waals surface area contributed by atoms with Crippen molar-refractivity contribution in [3.63, 3.8) is 0 Å². The van der Waals surface area contributed by atoms with Crippen molar-refractivity contribution in [2.24, 2.45) is 0 Å². The van der Waals surface area contributed by atoms with Crippen molar-refractivity contribution in [3.05, 3.63) is 70.9 Å². The summed E-state index contributed by atoms with van der Waals surface area (Å²) in [5, 5.41) is 6.64. The Morgan fingerprint density at radius 2 is 1.78 bits per heavy atom. The lowest BCUT2D eigenvalue weighted by Gasteiger charge is -2.14. The Morgan fingerprint density at radius 1 is 1.00 bits per heavy atom. The topological polar surface area (TPSA) is 66.9 Å². The number of rotatable bonds is 6. The molecular formula is C22H24N4O. The predicted molar refractivity (Wildman–Crippen MR) is 110 cm³/mol. The molecule has 0 saturated carbocycles. The molecule has 3 rings (SSSR count). The Hall–Kier alpha value is -3.21. The first-order chi connectivity index (χ1) is 13.0. The maximum atomic E-state index is 11.6. The molecule has 1 heterocycles. The molecule has 0 bridgehead atoms. The number of nitrogens with zero attached hydrogens (tertiary/aromatic N) is 2. The van der Waals surface area contributed by atoms with Gasteiger partial charge in [0.05, 0.1) is 0 Å². The molecule has 0 unspecified atom stereocenters. The third kappa shape index (κ3) is 4.50. The number of hydrogen-bond acceptors (Lipinski definition) is 5. The molecule has 27 heavy (non-hydrogen) atoms. The summed E-state index contributed by atoms with van der Waals surface area (Å²) < 4.78 is 0. The van der Waals surface area contributed by atoms with E-state index in [-0.39, 0.29) is 5.78 Å². The van der Waals surface area contributed by atoms with E-state index in [1.54, 1.807) is 13.0 Å². The molecule has 0 spiro atoms. The maximum Gasteiger partial charge on any atom is 0.229 e. The van der Waals surface area contributed by atoms with E-state index in [1.807, 2.05) is 31.2 Å². The zero-order valence-electron chi connectivity index (χ0n) is 16.1. The van der Waals surface area contributed by atoms with Gasteiger partial charge in [-0.15, -0.1) is 0 Å². The molecule has 5 nitrogen and oxygen atoms in total. The quantitative estimate of drug-likeness (QED) is 0.580. The van der Waals surface area contributed by atoms with Crippen LogP contribution in [0, 0.1) is 13.8 Å². The second-order valence-corrected chi connectivity index (χ2v) is 6.57. The number of Topliss-reactive ketones (excluding diaryl/α,β-unsaturated/α-hetero) is 1. The van der Waals surface area contributed by atoms with Crippen LogP contribution in [0.2, 0.25) is 0 Å². The molecule has 0 fully saturated rings. The lowest BCUT2D eigenvalue weighted by Crippen LogP contribution is -2.05. The highest BCUT2D eigenvalue weighted by Crippen LogP contribution is 2.25. The van der Waals surface area contributed by atoms with E-state index in [9.17, 15) is 4.79 Å². The zero-order chi connectivity index (χ0) is 19.4.